The van der Waals surface area contributed by atoms with Crippen molar-refractivity contribution in [1.29, 1.82) is 0 Å². The van der Waals surface area contributed by atoms with Gasteiger partial charge in [-0.3, -0.25) is 14.2 Å². The maximum Gasteiger partial charge on any atom is 0.328 e. The molecule has 0 radical (unpaired) electrons. The van der Waals surface area contributed by atoms with Crippen LogP contribution in [-0.4, -0.2) is 490 Å². The molecule has 50 nitrogen and oxygen atoms in total. The Morgan fingerprint density at radius 2 is 0.578 bits per heavy atom. The normalized spacial score (nSPS) is 50.2. The van der Waals surface area contributed by atoms with Gasteiger partial charge in [-0.1, -0.05) is 0 Å². The SMILES string of the molecule is CC(=O)N[C@H]1[C@H](O[C@H]2[C@H](O)[C@@H](NC(C)=O)C(O)O[C@@H]2CO)O[C@H](CO)[C@@H](O[C@@H]2O[C@H](CO[C@H]3O[C@H](CO[C@H]4O[C@H](CO)[C@@H](O)[C@H](O)[C@@H]4O[C@H]4O[C@H](CP(=O)(O)O)[C@@H](O)[C@H](O)[C@@H]4O)[C@@H](O)[C@H](O[C@H]4O[C@H](CO)[C@@H](O)[C@H](O)[C@@H]4O)[C@@H]3O)[C@@H](O)[C@H](O[C@H]3O[C@H](CO)[C@@H](O)[C@H](O)[C@@H]3O[C@H]3O[C@H](CO)[C@@H](O)[C@H](O)[C@@H]3O)[C@@H]2O)[C@@H]1O. The second-order valence-electron chi connectivity index (χ2n) is 27.4. The Hall–Kier alpha value is -2.63. The van der Waals surface area contributed by atoms with Gasteiger partial charge >= 0.3 is 7.60 Å². The zero-order valence-electron chi connectivity index (χ0n) is 57.5. The molecule has 1 unspecified atom stereocenters. The fraction of sp³-hybridized carbons (Fsp3) is 0.966. The number of hydrogen-bond acceptors (Lipinski definition) is 46. The highest BCUT2D eigenvalue weighted by atomic mass is 31.2. The lowest BCUT2D eigenvalue weighted by Gasteiger charge is -2.50. The zero-order valence-corrected chi connectivity index (χ0v) is 58.4. The molecule has 634 valence electrons. The zero-order chi connectivity index (χ0) is 80.4. The third kappa shape index (κ3) is 20.2. The van der Waals surface area contributed by atoms with Crippen LogP contribution in [0.25, 0.3) is 0 Å². The van der Waals surface area contributed by atoms with E-state index in [4.69, 9.17) is 80.5 Å². The van der Waals surface area contributed by atoms with Crippen LogP contribution in [0.3, 0.4) is 0 Å². The number of aliphatic hydroxyl groups is 26. The number of rotatable bonds is 28. The minimum Gasteiger partial charge on any atom is -0.394 e. The van der Waals surface area contributed by atoms with E-state index in [0.29, 0.717) is 0 Å². The van der Waals surface area contributed by atoms with Crippen LogP contribution < -0.4 is 10.6 Å². The van der Waals surface area contributed by atoms with Crippen molar-refractivity contribution in [2.45, 2.75) is 290 Å². The first-order valence-electron chi connectivity index (χ1n) is 34.2. The van der Waals surface area contributed by atoms with Crippen molar-refractivity contribution in [2.24, 2.45) is 0 Å². The molecule has 0 spiro atoms. The molecule has 9 rings (SSSR count). The summed E-state index contributed by atoms with van der Waals surface area (Å²) in [7, 11) is -5.08. The molecule has 2 amide bonds. The summed E-state index contributed by atoms with van der Waals surface area (Å²) in [6.07, 6.45) is -94.1. The van der Waals surface area contributed by atoms with E-state index in [1.165, 1.54) is 0 Å². The monoisotopic (exact) mass is 1620 g/mol. The van der Waals surface area contributed by atoms with Gasteiger partial charge in [-0.05, 0) is 0 Å². The van der Waals surface area contributed by atoms with Gasteiger partial charge in [-0.15, -0.1) is 0 Å². The van der Waals surface area contributed by atoms with Crippen molar-refractivity contribution in [3.05, 3.63) is 0 Å². The van der Waals surface area contributed by atoms with Crippen molar-refractivity contribution in [1.82, 2.24) is 10.6 Å². The number of hydrogen-bond donors (Lipinski definition) is 30. The van der Waals surface area contributed by atoms with E-state index in [-0.39, 0.29) is 0 Å². The average molecular weight is 1620 g/mol. The van der Waals surface area contributed by atoms with Crippen LogP contribution in [0.5, 0.6) is 0 Å². The van der Waals surface area contributed by atoms with Gasteiger partial charge in [0.15, 0.2) is 56.6 Å². The van der Waals surface area contributed by atoms with E-state index < -0.39 is 355 Å². The van der Waals surface area contributed by atoms with Crippen molar-refractivity contribution in [2.75, 3.05) is 59.0 Å². The molecule has 51 heteroatoms. The van der Waals surface area contributed by atoms with Crippen LogP contribution in [0, 0.1) is 0 Å². The van der Waals surface area contributed by atoms with Gasteiger partial charge in [-0.25, -0.2) is 0 Å². The van der Waals surface area contributed by atoms with E-state index >= 15 is 0 Å². The third-order valence-electron chi connectivity index (χ3n) is 19.8. The summed E-state index contributed by atoms with van der Waals surface area (Å²) in [5.74, 6) is -1.74. The number of aliphatic hydroxyl groups excluding tert-OH is 26. The number of nitrogens with one attached hydrogen (secondary N) is 2. The lowest BCUT2D eigenvalue weighted by molar-refractivity contribution is -0.399. The molecule has 30 N–H and O–H groups in total. The molecular weight excluding hydrogens is 1520 g/mol. The smallest absolute Gasteiger partial charge is 0.328 e. The number of amides is 2. The molecule has 9 aliphatic heterocycles. The molecule has 0 saturated carbocycles. The first kappa shape index (κ1) is 90.3. The van der Waals surface area contributed by atoms with Gasteiger partial charge in [0.1, 0.15) is 220 Å². The topological polar surface area (TPSA) is 799 Å². The van der Waals surface area contributed by atoms with Crippen LogP contribution in [0.15, 0.2) is 0 Å². The van der Waals surface area contributed by atoms with Gasteiger partial charge in [0, 0.05) is 13.8 Å². The maximum absolute atomic E-state index is 12.9. The quantitative estimate of drug-likeness (QED) is 0.0324. The van der Waals surface area contributed by atoms with E-state index in [1.807, 2.05) is 0 Å². The van der Waals surface area contributed by atoms with E-state index in [9.17, 15) is 157 Å². The first-order chi connectivity index (χ1) is 51.3. The Kier molecular flexibility index (Phi) is 32.0. The molecule has 0 aromatic heterocycles. The lowest BCUT2D eigenvalue weighted by atomic mass is 9.94. The van der Waals surface area contributed by atoms with Crippen molar-refractivity contribution >= 4 is 19.4 Å². The molecule has 0 aromatic rings. The number of carbonyl (C=O) groups is 2. The largest absolute Gasteiger partial charge is 0.394 e. The fourth-order valence-electron chi connectivity index (χ4n) is 13.8. The van der Waals surface area contributed by atoms with E-state index in [1.54, 1.807) is 0 Å². The summed E-state index contributed by atoms with van der Waals surface area (Å²) in [5.41, 5.74) is 0. The second kappa shape index (κ2) is 38.6. The van der Waals surface area contributed by atoms with Gasteiger partial charge in [0.2, 0.25) is 11.8 Å². The van der Waals surface area contributed by atoms with Crippen molar-refractivity contribution < 1.29 is 237 Å². The predicted molar refractivity (Wildman–Crippen MR) is 330 cm³/mol. The molecule has 109 heavy (non-hydrogen) atoms. The number of ether oxygens (including phenoxy) is 17. The van der Waals surface area contributed by atoms with Crippen molar-refractivity contribution in [3.8, 4) is 0 Å². The summed E-state index contributed by atoms with van der Waals surface area (Å²) in [4.78, 5) is 44.4. The fourth-order valence-corrected chi connectivity index (χ4v) is 14.5. The lowest BCUT2D eigenvalue weighted by Crippen LogP contribution is -2.70. The number of carbonyl (C=O) groups excluding carboxylic acids is 2. The Balaban J connectivity index is 1.05. The summed E-state index contributed by atoms with van der Waals surface area (Å²) in [5, 5.41) is 292. The summed E-state index contributed by atoms with van der Waals surface area (Å²) in [6, 6.07) is -3.58. The van der Waals surface area contributed by atoms with Gasteiger partial charge in [-0.2, -0.15) is 0 Å². The molecule has 9 saturated heterocycles. The average Bonchev–Trinajstić information content (AvgIpc) is 0.771. The summed E-state index contributed by atoms with van der Waals surface area (Å²) < 4.78 is 111. The van der Waals surface area contributed by atoms with Crippen molar-refractivity contribution in [3.63, 3.8) is 0 Å². The van der Waals surface area contributed by atoms with Crippen LogP contribution in [0.4, 0.5) is 0 Å². The maximum atomic E-state index is 12.9. The van der Waals surface area contributed by atoms with E-state index in [0.717, 1.165) is 13.8 Å². The van der Waals surface area contributed by atoms with Gasteiger partial charge in [0.25, 0.3) is 0 Å². The first-order valence-corrected chi connectivity index (χ1v) is 36.0. The Morgan fingerprint density at radius 1 is 0.284 bits per heavy atom. The highest BCUT2D eigenvalue weighted by molar-refractivity contribution is 7.51. The summed E-state index contributed by atoms with van der Waals surface area (Å²) >= 11 is 0. The molecular formula is C58H99N2O48P. The van der Waals surface area contributed by atoms with Crippen LogP contribution in [0.2, 0.25) is 0 Å². The van der Waals surface area contributed by atoms with Gasteiger partial charge in [0.05, 0.1) is 59.0 Å². The Labute approximate surface area is 615 Å². The second-order valence-corrected chi connectivity index (χ2v) is 29.1. The highest BCUT2D eigenvalue weighted by Crippen LogP contribution is 2.42. The highest BCUT2D eigenvalue weighted by Gasteiger charge is 2.60. The Bertz CT molecular complexity index is 2890. The minimum absolute atomic E-state index is 0.793. The molecule has 0 aromatic carbocycles. The molecule has 0 aliphatic carbocycles. The van der Waals surface area contributed by atoms with Crippen LogP contribution >= 0.6 is 7.60 Å². The molecule has 9 fully saturated rings. The van der Waals surface area contributed by atoms with Crippen LogP contribution in [-0.2, 0) is 94.7 Å². The Morgan fingerprint density at radius 3 is 1.02 bits per heavy atom. The van der Waals surface area contributed by atoms with Gasteiger partial charge < -0.3 is 234 Å². The molecule has 9 aliphatic rings. The van der Waals surface area contributed by atoms with Crippen LogP contribution in [0.1, 0.15) is 13.8 Å². The third-order valence-corrected chi connectivity index (χ3v) is 20.6. The molecule has 45 atom stereocenters. The van der Waals surface area contributed by atoms with E-state index in [2.05, 4.69) is 10.6 Å². The summed E-state index contributed by atoms with van der Waals surface area (Å²) in [6.45, 7) is -7.05. The predicted octanol–water partition coefficient (Wildman–Crippen LogP) is -20.2. The minimum atomic E-state index is -5.08. The standard InChI is InChI=1S/C58H99N2O48P/c1-12(67)59-23-32(76)44(18(7-65)94-50(23)88)103-51-24(60-13(2)68)33(77)45(19(8-66)99-51)104-56-43(87)47(106-58-49(38(82)28(72)17(6-64)98-58)108-54-40(84)35(79)26(70)15(4-62)96-54)31(75)21(101-56)9-92-52-42(86)46(105-53-39(83)34(78)25(69)14(3-61)95-53)30(74)20(100-52)10-93-57-48(37(81)27(71)16(5-63)97-57)107-55-41(85)36(80)29(73)22(102-55)11-109(89,90)91/h14-58,61-66,69-88H,3-11H2,1-2H3,(H,59,67)(H,60,68)(H2,89,90,91)/t14-,15-,16-,17-,18-,19-,20-,21-,22-,23-,24-,25-,26-,27-,28-,29-,30-,31-,32-,33-,34+,35+,36+,37+,38+,39+,40+,41+,42+,43+,44-,45-,46+,47+,48+,49+,50?,51+,52+,53-,54-,55-,56+,57+,58-/m1/s1. The molecule has 9 heterocycles. The molecule has 0 bridgehead atoms.